The van der Waals surface area contributed by atoms with Gasteiger partial charge in [0, 0.05) is 12.6 Å². The number of nitrogens with one attached hydrogen (secondary N) is 2. The van der Waals surface area contributed by atoms with E-state index in [1.807, 2.05) is 31.2 Å². The van der Waals surface area contributed by atoms with Crippen LogP contribution in [0.15, 0.2) is 45.9 Å². The number of nitrogens with zero attached hydrogens (tertiary/aromatic N) is 1. The van der Waals surface area contributed by atoms with Gasteiger partial charge in [-0.05, 0) is 36.8 Å². The van der Waals surface area contributed by atoms with E-state index in [0.29, 0.717) is 10.9 Å². The van der Waals surface area contributed by atoms with Crippen LogP contribution in [0.1, 0.15) is 23.0 Å². The van der Waals surface area contributed by atoms with E-state index >= 15 is 0 Å². The molecule has 7 heteroatoms. The molecule has 3 N–H and O–H groups in total. The van der Waals surface area contributed by atoms with Crippen LogP contribution in [0.5, 0.6) is 0 Å². The minimum atomic E-state index is -1.09. The fourth-order valence-corrected chi connectivity index (χ4v) is 1.78. The zero-order valence-corrected chi connectivity index (χ0v) is 12.9. The second-order valence-electron chi connectivity index (χ2n) is 4.43. The molecule has 1 heterocycles. The fraction of sp³-hybridized carbons (Fsp3) is 0.133. The molecule has 0 amide bonds. The van der Waals surface area contributed by atoms with E-state index in [4.69, 9.17) is 21.7 Å². The average Bonchev–Trinajstić information content (AvgIpc) is 3.02. The van der Waals surface area contributed by atoms with E-state index in [-0.39, 0.29) is 5.76 Å². The molecule has 0 bridgehead atoms. The smallest absolute Gasteiger partial charge is 0.371 e. The molecule has 1 aromatic heterocycles. The van der Waals surface area contributed by atoms with Gasteiger partial charge in [0.1, 0.15) is 5.76 Å². The normalized spacial score (nSPS) is 11.1. The van der Waals surface area contributed by atoms with Gasteiger partial charge >= 0.3 is 5.97 Å². The number of benzene rings is 1. The van der Waals surface area contributed by atoms with E-state index in [1.165, 1.54) is 6.07 Å². The summed E-state index contributed by atoms with van der Waals surface area (Å²) in [4.78, 5) is 10.8. The van der Waals surface area contributed by atoms with E-state index in [0.717, 1.165) is 16.8 Å². The molecule has 0 spiro atoms. The highest BCUT2D eigenvalue weighted by Crippen LogP contribution is 2.22. The standard InChI is InChI=1S/C15H15N3O3S/c1-9(17-18-15(22)16-2)10-3-5-11(6-4-10)12-7-8-13(21-12)14(19)20/h3-8H,1-2H3,(H,19,20)(H2,16,18,22)/b17-9-. The highest BCUT2D eigenvalue weighted by molar-refractivity contribution is 7.80. The summed E-state index contributed by atoms with van der Waals surface area (Å²) >= 11 is 4.94. The second-order valence-corrected chi connectivity index (χ2v) is 4.84. The molecule has 0 saturated heterocycles. The molecule has 0 aliphatic rings. The molecule has 0 fully saturated rings. The third kappa shape index (κ3) is 3.70. The topological polar surface area (TPSA) is 86.9 Å². The van der Waals surface area contributed by atoms with Crippen LogP contribution in [-0.4, -0.2) is 28.9 Å². The summed E-state index contributed by atoms with van der Waals surface area (Å²) in [5.41, 5.74) is 5.20. The molecule has 22 heavy (non-hydrogen) atoms. The summed E-state index contributed by atoms with van der Waals surface area (Å²) in [7, 11) is 1.71. The number of hydrazone groups is 1. The van der Waals surface area contributed by atoms with Crippen molar-refractivity contribution in [3.63, 3.8) is 0 Å². The van der Waals surface area contributed by atoms with Gasteiger partial charge in [-0.25, -0.2) is 4.79 Å². The number of hydrogen-bond acceptors (Lipinski definition) is 4. The van der Waals surface area contributed by atoms with E-state index in [9.17, 15) is 4.79 Å². The first-order valence-corrected chi connectivity index (χ1v) is 6.88. The number of hydrogen-bond donors (Lipinski definition) is 3. The Balaban J connectivity index is 2.15. The Kier molecular flexibility index (Phi) is 4.90. The lowest BCUT2D eigenvalue weighted by molar-refractivity contribution is 0.0663. The minimum Gasteiger partial charge on any atom is -0.475 e. The van der Waals surface area contributed by atoms with Crippen LogP contribution in [0.2, 0.25) is 0 Å². The lowest BCUT2D eigenvalue weighted by Gasteiger charge is -2.05. The van der Waals surface area contributed by atoms with Crippen molar-refractivity contribution in [3.05, 3.63) is 47.7 Å². The van der Waals surface area contributed by atoms with E-state index in [1.54, 1.807) is 13.1 Å². The number of rotatable bonds is 4. The summed E-state index contributed by atoms with van der Waals surface area (Å²) in [6.07, 6.45) is 0. The predicted octanol–water partition coefficient (Wildman–Crippen LogP) is 2.46. The lowest BCUT2D eigenvalue weighted by atomic mass is 10.1. The largest absolute Gasteiger partial charge is 0.475 e. The maximum atomic E-state index is 10.8. The van der Waals surface area contributed by atoms with Gasteiger partial charge in [-0.15, -0.1) is 0 Å². The van der Waals surface area contributed by atoms with Crippen LogP contribution < -0.4 is 10.7 Å². The van der Waals surface area contributed by atoms with Crippen molar-refractivity contribution in [2.45, 2.75) is 6.92 Å². The highest BCUT2D eigenvalue weighted by Gasteiger charge is 2.10. The van der Waals surface area contributed by atoms with Crippen molar-refractivity contribution in [1.82, 2.24) is 10.7 Å². The van der Waals surface area contributed by atoms with Crippen molar-refractivity contribution in [2.24, 2.45) is 5.10 Å². The van der Waals surface area contributed by atoms with Gasteiger partial charge in [0.25, 0.3) is 0 Å². The molecule has 0 radical (unpaired) electrons. The Labute approximate surface area is 132 Å². The van der Waals surface area contributed by atoms with Crippen LogP contribution >= 0.6 is 12.2 Å². The van der Waals surface area contributed by atoms with Gasteiger partial charge in [-0.2, -0.15) is 5.10 Å². The van der Waals surface area contributed by atoms with E-state index < -0.39 is 5.97 Å². The third-order valence-electron chi connectivity index (χ3n) is 2.96. The van der Waals surface area contributed by atoms with Gasteiger partial charge in [-0.1, -0.05) is 24.3 Å². The average molecular weight is 317 g/mol. The number of thiocarbonyl (C=S) groups is 1. The van der Waals surface area contributed by atoms with Gasteiger partial charge < -0.3 is 14.8 Å². The molecule has 0 unspecified atom stereocenters. The zero-order valence-electron chi connectivity index (χ0n) is 12.1. The monoisotopic (exact) mass is 317 g/mol. The molecule has 0 saturated carbocycles. The molecule has 2 rings (SSSR count). The maximum absolute atomic E-state index is 10.8. The summed E-state index contributed by atoms with van der Waals surface area (Å²) in [6, 6.07) is 10.5. The summed E-state index contributed by atoms with van der Waals surface area (Å²) in [5, 5.41) is 16.2. The molecule has 2 aromatic rings. The SMILES string of the molecule is CNC(=S)N/N=C(/C)c1ccc(-c2ccc(C(=O)O)o2)cc1. The van der Waals surface area contributed by atoms with Crippen molar-refractivity contribution >= 4 is 29.0 Å². The lowest BCUT2D eigenvalue weighted by Crippen LogP contribution is -2.29. The predicted molar refractivity (Wildman–Crippen MR) is 88.1 cm³/mol. The molecule has 114 valence electrons. The van der Waals surface area contributed by atoms with Gasteiger partial charge in [0.05, 0.1) is 5.71 Å². The van der Waals surface area contributed by atoms with Crippen LogP contribution in [0, 0.1) is 0 Å². The van der Waals surface area contributed by atoms with Crippen molar-refractivity contribution in [3.8, 4) is 11.3 Å². The molecule has 0 aliphatic heterocycles. The summed E-state index contributed by atoms with van der Waals surface area (Å²) in [6.45, 7) is 1.86. The van der Waals surface area contributed by atoms with Gasteiger partial charge in [-0.3, -0.25) is 5.43 Å². The van der Waals surface area contributed by atoms with Crippen molar-refractivity contribution < 1.29 is 14.3 Å². The van der Waals surface area contributed by atoms with Crippen LogP contribution in [0.3, 0.4) is 0 Å². The first kappa shape index (κ1) is 15.7. The molecular formula is C15H15N3O3S. The Hall–Kier alpha value is -2.67. The summed E-state index contributed by atoms with van der Waals surface area (Å²) in [5.74, 6) is -0.660. The Morgan fingerprint density at radius 3 is 2.45 bits per heavy atom. The van der Waals surface area contributed by atoms with Crippen LogP contribution in [0.25, 0.3) is 11.3 Å². The van der Waals surface area contributed by atoms with Crippen LogP contribution in [0.4, 0.5) is 0 Å². The number of carboxylic acids is 1. The highest BCUT2D eigenvalue weighted by atomic mass is 32.1. The fourth-order valence-electron chi connectivity index (χ4n) is 1.74. The molecule has 0 atom stereocenters. The first-order valence-electron chi connectivity index (χ1n) is 6.47. The number of carbonyl (C=O) groups is 1. The van der Waals surface area contributed by atoms with Crippen molar-refractivity contribution in [2.75, 3.05) is 7.05 Å². The first-order chi connectivity index (χ1) is 10.5. The van der Waals surface area contributed by atoms with Crippen LogP contribution in [-0.2, 0) is 0 Å². The van der Waals surface area contributed by atoms with Gasteiger partial charge in [0.2, 0.25) is 5.76 Å². The molecule has 6 nitrogen and oxygen atoms in total. The Morgan fingerprint density at radius 1 is 1.23 bits per heavy atom. The maximum Gasteiger partial charge on any atom is 0.371 e. The number of carboxylic acid groups (broad SMARTS) is 1. The molecule has 1 aromatic carbocycles. The summed E-state index contributed by atoms with van der Waals surface area (Å²) < 4.78 is 5.26. The third-order valence-corrected chi connectivity index (χ3v) is 3.25. The number of aromatic carboxylic acids is 1. The Bertz CT molecular complexity index is 720. The van der Waals surface area contributed by atoms with Gasteiger partial charge in [0.15, 0.2) is 5.11 Å². The quantitative estimate of drug-likeness (QED) is 0.456. The second kappa shape index (κ2) is 6.86. The molecule has 0 aliphatic carbocycles. The Morgan fingerprint density at radius 2 is 1.91 bits per heavy atom. The minimum absolute atomic E-state index is 0.0819. The molecular weight excluding hydrogens is 302 g/mol. The van der Waals surface area contributed by atoms with E-state index in [2.05, 4.69) is 15.8 Å². The van der Waals surface area contributed by atoms with Crippen molar-refractivity contribution in [1.29, 1.82) is 0 Å². The zero-order chi connectivity index (χ0) is 16.1. The number of furan rings is 1.